The number of amides is 1. The van der Waals surface area contributed by atoms with Gasteiger partial charge in [-0.15, -0.1) is 0 Å². The van der Waals surface area contributed by atoms with Gasteiger partial charge in [0.25, 0.3) is 0 Å². The fourth-order valence-electron chi connectivity index (χ4n) is 4.25. The van der Waals surface area contributed by atoms with Crippen LogP contribution in [0.15, 0.2) is 23.1 Å². The van der Waals surface area contributed by atoms with Gasteiger partial charge in [-0.3, -0.25) is 9.69 Å². The maximum atomic E-state index is 13.4. The molecule has 32 heavy (non-hydrogen) atoms. The Labute approximate surface area is 192 Å². The minimum absolute atomic E-state index is 0.0604. The molecule has 0 aromatic heterocycles. The van der Waals surface area contributed by atoms with E-state index in [1.807, 2.05) is 19.9 Å². The average Bonchev–Trinajstić information content (AvgIpc) is 2.82. The first-order chi connectivity index (χ1) is 15.3. The number of carbonyl (C=O) groups excluding carboxylic acids is 1. The van der Waals surface area contributed by atoms with Crippen LogP contribution in [-0.4, -0.2) is 83.1 Å². The van der Waals surface area contributed by atoms with E-state index in [1.54, 1.807) is 12.1 Å². The summed E-state index contributed by atoms with van der Waals surface area (Å²) in [7, 11) is -2.28. The molecular weight excluding hydrogens is 430 g/mol. The molecular formula is C23H37N3O5S. The molecule has 9 heteroatoms. The SMILES string of the molecule is COc1ccc(C(C)C)cc1S(=O)(=O)N1CCC[C@H](C(=O)NCCCN2CCOCC2)C1. The van der Waals surface area contributed by atoms with Gasteiger partial charge in [0.1, 0.15) is 10.6 Å². The molecule has 0 aliphatic carbocycles. The highest BCUT2D eigenvalue weighted by atomic mass is 32.2. The van der Waals surface area contributed by atoms with E-state index in [9.17, 15) is 13.2 Å². The maximum Gasteiger partial charge on any atom is 0.246 e. The van der Waals surface area contributed by atoms with Crippen molar-refractivity contribution in [2.24, 2.45) is 5.92 Å². The molecule has 1 amide bonds. The Hall–Kier alpha value is -1.68. The molecule has 1 aromatic carbocycles. The minimum Gasteiger partial charge on any atom is -0.495 e. The number of rotatable bonds is 9. The third-order valence-electron chi connectivity index (χ3n) is 6.28. The van der Waals surface area contributed by atoms with Crippen molar-refractivity contribution in [3.63, 3.8) is 0 Å². The summed E-state index contributed by atoms with van der Waals surface area (Å²) < 4.78 is 39.0. The normalized spacial score (nSPS) is 20.9. The molecule has 3 rings (SSSR count). The summed E-state index contributed by atoms with van der Waals surface area (Å²) in [5.74, 6) is 0.146. The van der Waals surface area contributed by atoms with E-state index in [0.29, 0.717) is 31.7 Å². The Morgan fingerprint density at radius 2 is 2.00 bits per heavy atom. The van der Waals surface area contributed by atoms with Crippen molar-refractivity contribution >= 4 is 15.9 Å². The molecule has 2 heterocycles. The Morgan fingerprint density at radius 1 is 1.25 bits per heavy atom. The van der Waals surface area contributed by atoms with E-state index in [2.05, 4.69) is 10.2 Å². The molecule has 8 nitrogen and oxygen atoms in total. The first-order valence-corrected chi connectivity index (χ1v) is 13.0. The molecule has 2 aliphatic heterocycles. The zero-order chi connectivity index (χ0) is 23.1. The standard InChI is InChI=1S/C23H37N3O5S/c1-18(2)19-7-8-21(30-3)22(16-19)32(28,29)26-11-4-6-20(17-26)23(27)24-9-5-10-25-12-14-31-15-13-25/h7-8,16,18,20H,4-6,9-15,17H2,1-3H3,(H,24,27)/t20-/m0/s1. The van der Waals surface area contributed by atoms with Crippen LogP contribution in [0, 0.1) is 5.92 Å². The molecule has 180 valence electrons. The van der Waals surface area contributed by atoms with Gasteiger partial charge in [0.05, 0.1) is 26.2 Å². The number of hydrogen-bond donors (Lipinski definition) is 1. The van der Waals surface area contributed by atoms with Crippen LogP contribution in [-0.2, 0) is 19.6 Å². The van der Waals surface area contributed by atoms with Crippen LogP contribution in [0.5, 0.6) is 5.75 Å². The summed E-state index contributed by atoms with van der Waals surface area (Å²) in [6, 6.07) is 5.31. The summed E-state index contributed by atoms with van der Waals surface area (Å²) in [4.78, 5) is 15.2. The number of methoxy groups -OCH3 is 1. The van der Waals surface area contributed by atoms with Gasteiger partial charge in [-0.1, -0.05) is 19.9 Å². The molecule has 0 spiro atoms. The summed E-state index contributed by atoms with van der Waals surface area (Å²) in [6.07, 6.45) is 2.24. The Bertz CT molecular complexity index is 868. The van der Waals surface area contributed by atoms with Crippen molar-refractivity contribution in [3.05, 3.63) is 23.8 Å². The van der Waals surface area contributed by atoms with Crippen LogP contribution in [0.4, 0.5) is 0 Å². The monoisotopic (exact) mass is 467 g/mol. The number of nitrogens with zero attached hydrogens (tertiary/aromatic N) is 2. The van der Waals surface area contributed by atoms with Gasteiger partial charge in [-0.2, -0.15) is 4.31 Å². The second-order valence-electron chi connectivity index (χ2n) is 8.87. The first kappa shape index (κ1) is 25.0. The van der Waals surface area contributed by atoms with Crippen molar-refractivity contribution in [1.82, 2.24) is 14.5 Å². The van der Waals surface area contributed by atoms with Gasteiger partial charge < -0.3 is 14.8 Å². The van der Waals surface area contributed by atoms with Gasteiger partial charge in [0.2, 0.25) is 15.9 Å². The lowest BCUT2D eigenvalue weighted by molar-refractivity contribution is -0.126. The molecule has 1 N–H and O–H groups in total. The summed E-state index contributed by atoms with van der Waals surface area (Å²) >= 11 is 0. The minimum atomic E-state index is -3.76. The van der Waals surface area contributed by atoms with Crippen LogP contribution in [0.3, 0.4) is 0 Å². The Balaban J connectivity index is 1.59. The van der Waals surface area contributed by atoms with Gasteiger partial charge >= 0.3 is 0 Å². The van der Waals surface area contributed by atoms with Crippen molar-refractivity contribution in [1.29, 1.82) is 0 Å². The lowest BCUT2D eigenvalue weighted by atomic mass is 9.99. The van der Waals surface area contributed by atoms with Gasteiger partial charge in [0, 0.05) is 32.7 Å². The zero-order valence-electron chi connectivity index (χ0n) is 19.5. The quantitative estimate of drug-likeness (QED) is 0.560. The molecule has 0 radical (unpaired) electrons. The van der Waals surface area contributed by atoms with Crippen LogP contribution >= 0.6 is 0 Å². The van der Waals surface area contributed by atoms with E-state index in [0.717, 1.165) is 44.8 Å². The van der Waals surface area contributed by atoms with Crippen LogP contribution in [0.2, 0.25) is 0 Å². The average molecular weight is 468 g/mol. The van der Waals surface area contributed by atoms with E-state index >= 15 is 0 Å². The number of morpholine rings is 1. The largest absolute Gasteiger partial charge is 0.495 e. The third-order valence-corrected chi connectivity index (χ3v) is 8.17. The molecule has 2 fully saturated rings. The molecule has 1 atom stereocenters. The van der Waals surface area contributed by atoms with Gasteiger partial charge in [-0.05, 0) is 49.4 Å². The van der Waals surface area contributed by atoms with E-state index < -0.39 is 10.0 Å². The van der Waals surface area contributed by atoms with Crippen molar-refractivity contribution in [2.45, 2.75) is 43.9 Å². The van der Waals surface area contributed by atoms with Crippen molar-refractivity contribution in [3.8, 4) is 5.75 Å². The molecule has 1 aromatic rings. The predicted octanol–water partition coefficient (Wildman–Crippen LogP) is 2.06. The summed E-state index contributed by atoms with van der Waals surface area (Å²) in [5.41, 5.74) is 0.941. The molecule has 0 bridgehead atoms. The number of nitrogens with one attached hydrogen (secondary N) is 1. The number of sulfonamides is 1. The van der Waals surface area contributed by atoms with Crippen molar-refractivity contribution < 1.29 is 22.7 Å². The summed E-state index contributed by atoms with van der Waals surface area (Å²) in [5, 5.41) is 3.01. The highest BCUT2D eigenvalue weighted by Crippen LogP contribution is 2.32. The van der Waals surface area contributed by atoms with Gasteiger partial charge in [-0.25, -0.2) is 8.42 Å². The van der Waals surface area contributed by atoms with E-state index in [4.69, 9.17) is 9.47 Å². The van der Waals surface area contributed by atoms with E-state index in [1.165, 1.54) is 11.4 Å². The third kappa shape index (κ3) is 6.21. The number of piperidine rings is 1. The van der Waals surface area contributed by atoms with Crippen LogP contribution in [0.1, 0.15) is 44.6 Å². The topological polar surface area (TPSA) is 88.2 Å². The molecule has 2 aliphatic rings. The van der Waals surface area contributed by atoms with E-state index in [-0.39, 0.29) is 29.2 Å². The fourth-order valence-corrected chi connectivity index (χ4v) is 5.97. The van der Waals surface area contributed by atoms with Crippen molar-refractivity contribution in [2.75, 3.05) is 59.6 Å². The second-order valence-corrected chi connectivity index (χ2v) is 10.8. The highest BCUT2D eigenvalue weighted by molar-refractivity contribution is 7.89. The molecule has 0 saturated carbocycles. The van der Waals surface area contributed by atoms with Crippen LogP contribution in [0.25, 0.3) is 0 Å². The smallest absolute Gasteiger partial charge is 0.246 e. The number of carbonyl (C=O) groups is 1. The fraction of sp³-hybridized carbons (Fsp3) is 0.696. The number of hydrogen-bond acceptors (Lipinski definition) is 6. The molecule has 0 unspecified atom stereocenters. The lowest BCUT2D eigenvalue weighted by Gasteiger charge is -2.32. The molecule has 2 saturated heterocycles. The first-order valence-electron chi connectivity index (χ1n) is 11.6. The predicted molar refractivity (Wildman–Crippen MR) is 123 cm³/mol. The Morgan fingerprint density at radius 3 is 2.69 bits per heavy atom. The second kappa shape index (κ2) is 11.4. The summed E-state index contributed by atoms with van der Waals surface area (Å²) in [6.45, 7) is 9.61. The zero-order valence-corrected chi connectivity index (χ0v) is 20.3. The Kier molecular flexibility index (Phi) is 8.93. The number of ether oxygens (including phenoxy) is 2. The number of benzene rings is 1. The highest BCUT2D eigenvalue weighted by Gasteiger charge is 2.35. The van der Waals surface area contributed by atoms with Gasteiger partial charge in [0.15, 0.2) is 0 Å². The lowest BCUT2D eigenvalue weighted by Crippen LogP contribution is -2.46. The maximum absolute atomic E-state index is 13.4. The van der Waals surface area contributed by atoms with Crippen LogP contribution < -0.4 is 10.1 Å².